The molecule has 0 unspecified atom stereocenters. The van der Waals surface area contributed by atoms with Crippen LogP contribution >= 0.6 is 22.6 Å². The zero-order valence-electron chi connectivity index (χ0n) is 14.2. The van der Waals surface area contributed by atoms with E-state index in [9.17, 15) is 9.59 Å². The number of carbonyl (C=O) groups excluding carboxylic acids is 2. The first kappa shape index (κ1) is 19.2. The first-order chi connectivity index (χ1) is 11.9. The van der Waals surface area contributed by atoms with Crippen molar-refractivity contribution in [1.82, 2.24) is 5.32 Å². The molecule has 2 rings (SSSR count). The van der Waals surface area contributed by atoms with Crippen LogP contribution < -0.4 is 15.4 Å². The highest BCUT2D eigenvalue weighted by atomic mass is 127. The number of anilines is 1. The molecule has 0 heterocycles. The monoisotopic (exact) mass is 452 g/mol. The Morgan fingerprint density at radius 1 is 1.04 bits per heavy atom. The third-order valence-corrected chi connectivity index (χ3v) is 4.14. The Morgan fingerprint density at radius 2 is 1.68 bits per heavy atom. The second-order valence-corrected chi connectivity index (χ2v) is 7.11. The number of hydrogen-bond acceptors (Lipinski definition) is 3. The Kier molecular flexibility index (Phi) is 7.24. The first-order valence-electron chi connectivity index (χ1n) is 7.99. The molecule has 2 N–H and O–H groups in total. The predicted molar refractivity (Wildman–Crippen MR) is 106 cm³/mol. The van der Waals surface area contributed by atoms with Crippen LogP contribution in [-0.2, 0) is 16.1 Å². The average molecular weight is 452 g/mol. The van der Waals surface area contributed by atoms with E-state index < -0.39 is 0 Å². The van der Waals surface area contributed by atoms with Gasteiger partial charge in [-0.2, -0.15) is 0 Å². The molecule has 2 aromatic carbocycles. The molecule has 2 amide bonds. The molecule has 2 aromatic rings. The molecule has 0 radical (unpaired) electrons. The molecule has 5 nitrogen and oxygen atoms in total. The molecule has 0 bridgehead atoms. The summed E-state index contributed by atoms with van der Waals surface area (Å²) < 4.78 is 6.55. The standard InChI is InChI=1S/C19H21IN2O3/c1-13(2)19(24)22-16-7-3-14(4-8-16)11-21-18(23)12-25-17-9-5-15(20)6-10-17/h3-10,13H,11-12H2,1-2H3,(H,21,23)(H,22,24). The summed E-state index contributed by atoms with van der Waals surface area (Å²) in [6.45, 7) is 4.07. The molecule has 132 valence electrons. The fourth-order valence-corrected chi connectivity index (χ4v) is 2.28. The molecule has 0 aliphatic rings. The van der Waals surface area contributed by atoms with E-state index in [0.29, 0.717) is 12.3 Å². The van der Waals surface area contributed by atoms with Gasteiger partial charge in [-0.3, -0.25) is 9.59 Å². The van der Waals surface area contributed by atoms with Crippen LogP contribution in [0.3, 0.4) is 0 Å². The smallest absolute Gasteiger partial charge is 0.258 e. The number of ether oxygens (including phenoxy) is 1. The number of halogens is 1. The fourth-order valence-electron chi connectivity index (χ4n) is 1.92. The summed E-state index contributed by atoms with van der Waals surface area (Å²) in [4.78, 5) is 23.5. The van der Waals surface area contributed by atoms with Gasteiger partial charge in [0, 0.05) is 21.7 Å². The van der Waals surface area contributed by atoms with Gasteiger partial charge >= 0.3 is 0 Å². The van der Waals surface area contributed by atoms with Crippen molar-refractivity contribution < 1.29 is 14.3 Å². The maximum atomic E-state index is 11.8. The summed E-state index contributed by atoms with van der Waals surface area (Å²) in [6, 6.07) is 14.9. The number of benzene rings is 2. The molecule has 0 saturated carbocycles. The number of nitrogens with one attached hydrogen (secondary N) is 2. The predicted octanol–water partition coefficient (Wildman–Crippen LogP) is 3.58. The summed E-state index contributed by atoms with van der Waals surface area (Å²) >= 11 is 2.21. The van der Waals surface area contributed by atoms with Gasteiger partial charge in [0.2, 0.25) is 5.91 Å². The van der Waals surface area contributed by atoms with Gasteiger partial charge in [0.1, 0.15) is 5.75 Å². The van der Waals surface area contributed by atoms with E-state index in [4.69, 9.17) is 4.74 Å². The Labute approximate surface area is 161 Å². The zero-order valence-corrected chi connectivity index (χ0v) is 16.4. The van der Waals surface area contributed by atoms with Gasteiger partial charge in [0.05, 0.1) is 0 Å². The van der Waals surface area contributed by atoms with Crippen molar-refractivity contribution in [3.05, 3.63) is 57.7 Å². The van der Waals surface area contributed by atoms with E-state index in [2.05, 4.69) is 33.2 Å². The van der Waals surface area contributed by atoms with Gasteiger partial charge in [-0.05, 0) is 64.6 Å². The minimum absolute atomic E-state index is 0.0196. The van der Waals surface area contributed by atoms with Gasteiger partial charge in [0.15, 0.2) is 6.61 Å². The van der Waals surface area contributed by atoms with Crippen LogP contribution in [0.2, 0.25) is 0 Å². The molecule has 0 spiro atoms. The van der Waals surface area contributed by atoms with Crippen LogP contribution in [0, 0.1) is 9.49 Å². The number of amides is 2. The molecular weight excluding hydrogens is 431 g/mol. The molecule has 6 heteroatoms. The third-order valence-electron chi connectivity index (χ3n) is 3.42. The molecule has 0 atom stereocenters. The SMILES string of the molecule is CC(C)C(=O)Nc1ccc(CNC(=O)COc2ccc(I)cc2)cc1. The lowest BCUT2D eigenvalue weighted by atomic mass is 10.1. The normalized spacial score (nSPS) is 10.4. The van der Waals surface area contributed by atoms with E-state index in [0.717, 1.165) is 14.8 Å². The summed E-state index contributed by atoms with van der Waals surface area (Å²) in [6.07, 6.45) is 0. The molecule has 0 aromatic heterocycles. The zero-order chi connectivity index (χ0) is 18.2. The lowest BCUT2D eigenvalue weighted by molar-refractivity contribution is -0.123. The van der Waals surface area contributed by atoms with E-state index in [-0.39, 0.29) is 24.3 Å². The van der Waals surface area contributed by atoms with Crippen LogP contribution in [0.4, 0.5) is 5.69 Å². The van der Waals surface area contributed by atoms with Crippen LogP contribution in [0.15, 0.2) is 48.5 Å². The second kappa shape index (κ2) is 9.41. The number of carbonyl (C=O) groups is 2. The highest BCUT2D eigenvalue weighted by Crippen LogP contribution is 2.13. The second-order valence-electron chi connectivity index (χ2n) is 5.86. The Bertz CT molecular complexity index is 712. The highest BCUT2D eigenvalue weighted by molar-refractivity contribution is 14.1. The quantitative estimate of drug-likeness (QED) is 0.632. The largest absolute Gasteiger partial charge is 0.484 e. The Morgan fingerprint density at radius 3 is 2.28 bits per heavy atom. The third kappa shape index (κ3) is 6.74. The first-order valence-corrected chi connectivity index (χ1v) is 9.07. The van der Waals surface area contributed by atoms with Gasteiger partial charge in [-0.15, -0.1) is 0 Å². The van der Waals surface area contributed by atoms with Crippen molar-refractivity contribution in [2.75, 3.05) is 11.9 Å². The van der Waals surface area contributed by atoms with Gasteiger partial charge in [0.25, 0.3) is 5.91 Å². The highest BCUT2D eigenvalue weighted by Gasteiger charge is 2.07. The molecule has 0 saturated heterocycles. The minimum atomic E-state index is -0.185. The molecule has 0 aliphatic heterocycles. The summed E-state index contributed by atoms with van der Waals surface area (Å²) in [5, 5.41) is 5.64. The van der Waals surface area contributed by atoms with Gasteiger partial charge in [-0.1, -0.05) is 26.0 Å². The van der Waals surface area contributed by atoms with E-state index in [1.54, 1.807) is 0 Å². The topological polar surface area (TPSA) is 67.4 Å². The summed E-state index contributed by atoms with van der Waals surface area (Å²) in [5.74, 6) is 0.400. The minimum Gasteiger partial charge on any atom is -0.484 e. The van der Waals surface area contributed by atoms with Crippen LogP contribution in [-0.4, -0.2) is 18.4 Å². The number of hydrogen-bond donors (Lipinski definition) is 2. The van der Waals surface area contributed by atoms with Crippen LogP contribution in [0.1, 0.15) is 19.4 Å². The van der Waals surface area contributed by atoms with Crippen molar-refractivity contribution in [2.24, 2.45) is 5.92 Å². The molecule has 0 aliphatic carbocycles. The molecular formula is C19H21IN2O3. The fraction of sp³-hybridized carbons (Fsp3) is 0.263. The van der Waals surface area contributed by atoms with Crippen molar-refractivity contribution in [1.29, 1.82) is 0 Å². The lowest BCUT2D eigenvalue weighted by Gasteiger charge is -2.10. The van der Waals surface area contributed by atoms with Crippen LogP contribution in [0.5, 0.6) is 5.75 Å². The van der Waals surface area contributed by atoms with E-state index in [1.165, 1.54) is 0 Å². The van der Waals surface area contributed by atoms with Gasteiger partial charge < -0.3 is 15.4 Å². The summed E-state index contributed by atoms with van der Waals surface area (Å²) in [7, 11) is 0. The van der Waals surface area contributed by atoms with Crippen LogP contribution in [0.25, 0.3) is 0 Å². The van der Waals surface area contributed by atoms with Crippen molar-refractivity contribution in [3.63, 3.8) is 0 Å². The maximum Gasteiger partial charge on any atom is 0.258 e. The lowest BCUT2D eigenvalue weighted by Crippen LogP contribution is -2.28. The van der Waals surface area contributed by atoms with Crippen molar-refractivity contribution >= 4 is 40.1 Å². The number of rotatable bonds is 7. The Hall–Kier alpha value is -2.09. The molecule has 0 fully saturated rings. The Balaban J connectivity index is 1.75. The van der Waals surface area contributed by atoms with E-state index >= 15 is 0 Å². The van der Waals surface area contributed by atoms with E-state index in [1.807, 2.05) is 62.4 Å². The van der Waals surface area contributed by atoms with Crippen molar-refractivity contribution in [2.45, 2.75) is 20.4 Å². The average Bonchev–Trinajstić information content (AvgIpc) is 2.60. The summed E-state index contributed by atoms with van der Waals surface area (Å²) in [5.41, 5.74) is 1.70. The maximum absolute atomic E-state index is 11.8. The van der Waals surface area contributed by atoms with Gasteiger partial charge in [-0.25, -0.2) is 0 Å². The van der Waals surface area contributed by atoms with Crippen molar-refractivity contribution in [3.8, 4) is 5.75 Å². The molecule has 25 heavy (non-hydrogen) atoms.